The second-order valence-electron chi connectivity index (χ2n) is 10.0. The molecular weight excluding hydrogens is 603 g/mol. The molecule has 3 heterocycles. The van der Waals surface area contributed by atoms with Gasteiger partial charge in [-0.1, -0.05) is 73.4 Å². The van der Waals surface area contributed by atoms with Gasteiger partial charge in [0.05, 0.1) is 23.0 Å². The molecule has 0 spiro atoms. The third-order valence-corrected chi connectivity index (χ3v) is 8.99. The van der Waals surface area contributed by atoms with Gasteiger partial charge in [-0.25, -0.2) is 4.68 Å². The van der Waals surface area contributed by atoms with E-state index >= 15 is 0 Å². The average molecular weight is 634 g/mol. The Balaban J connectivity index is 1.32. The van der Waals surface area contributed by atoms with Crippen molar-refractivity contribution in [3.63, 3.8) is 0 Å². The summed E-state index contributed by atoms with van der Waals surface area (Å²) in [7, 11) is 1.60. The van der Waals surface area contributed by atoms with Crippen LogP contribution < -0.4 is 19.6 Å². The van der Waals surface area contributed by atoms with Crippen molar-refractivity contribution in [2.45, 2.75) is 18.2 Å². The molecule has 8 nitrogen and oxygen atoms in total. The standard InChI is InChI=1S/C35H31N5O3S2/c1-4-19-43-29-17-11-24(21-30(29)42-3)12-18-32-36-35-40(37-32)34(41)31(45-35)22-26-23-39(27-9-7-6-8-10-27)38-33(26)25-13-15-28(16-14-25)44-20-5-2/h4,6-18,21-23H,1,5,19-20H2,2-3H3/b18-12+,31-22-. The summed E-state index contributed by atoms with van der Waals surface area (Å²) < 4.78 is 14.8. The first-order chi connectivity index (χ1) is 22.1. The summed E-state index contributed by atoms with van der Waals surface area (Å²) in [5, 5.41) is 9.39. The first kappa shape index (κ1) is 30.1. The van der Waals surface area contributed by atoms with E-state index in [1.54, 1.807) is 19.3 Å². The topological polar surface area (TPSA) is 83.5 Å². The number of thiazole rings is 1. The smallest absolute Gasteiger partial charge is 0.291 e. The predicted molar refractivity (Wildman–Crippen MR) is 184 cm³/mol. The fourth-order valence-corrected chi connectivity index (χ4v) is 6.32. The first-order valence-electron chi connectivity index (χ1n) is 14.5. The monoisotopic (exact) mass is 633 g/mol. The molecule has 10 heteroatoms. The van der Waals surface area contributed by atoms with Crippen LogP contribution in [0.5, 0.6) is 11.5 Å². The van der Waals surface area contributed by atoms with Crippen LogP contribution in [0.4, 0.5) is 0 Å². The van der Waals surface area contributed by atoms with Crippen molar-refractivity contribution in [3.05, 3.63) is 123 Å². The number of methoxy groups -OCH3 is 1. The lowest BCUT2D eigenvalue weighted by atomic mass is 10.1. The number of para-hydroxylation sites is 1. The number of ether oxygens (including phenoxy) is 2. The number of fused-ring (bicyclic) bond motifs is 1. The van der Waals surface area contributed by atoms with Crippen LogP contribution in [0.25, 0.3) is 40.1 Å². The molecule has 0 unspecified atom stereocenters. The van der Waals surface area contributed by atoms with Crippen LogP contribution >= 0.6 is 23.1 Å². The van der Waals surface area contributed by atoms with E-state index in [0.29, 0.717) is 33.4 Å². The maximum absolute atomic E-state index is 13.4. The lowest BCUT2D eigenvalue weighted by Crippen LogP contribution is -2.23. The molecule has 0 aliphatic rings. The summed E-state index contributed by atoms with van der Waals surface area (Å²) >= 11 is 3.14. The maximum Gasteiger partial charge on any atom is 0.291 e. The van der Waals surface area contributed by atoms with Gasteiger partial charge in [0, 0.05) is 22.2 Å². The molecular formula is C35H31N5O3S2. The molecule has 0 radical (unpaired) electrons. The minimum atomic E-state index is -0.225. The molecule has 3 aromatic heterocycles. The molecule has 0 fully saturated rings. The quantitative estimate of drug-likeness (QED) is 0.108. The second kappa shape index (κ2) is 13.8. The van der Waals surface area contributed by atoms with Gasteiger partial charge in [0.2, 0.25) is 4.96 Å². The molecule has 0 atom stereocenters. The molecule has 6 aromatic rings. The van der Waals surface area contributed by atoms with Gasteiger partial charge in [0.25, 0.3) is 5.56 Å². The van der Waals surface area contributed by atoms with Gasteiger partial charge in [0.15, 0.2) is 17.3 Å². The molecule has 226 valence electrons. The molecule has 45 heavy (non-hydrogen) atoms. The largest absolute Gasteiger partial charge is 0.493 e. The molecule has 0 saturated heterocycles. The first-order valence-corrected chi connectivity index (χ1v) is 16.3. The molecule has 0 bridgehead atoms. The minimum Gasteiger partial charge on any atom is -0.493 e. The van der Waals surface area contributed by atoms with Crippen molar-refractivity contribution < 1.29 is 9.47 Å². The van der Waals surface area contributed by atoms with Gasteiger partial charge in [-0.15, -0.1) is 16.9 Å². The predicted octanol–water partition coefficient (Wildman–Crippen LogP) is 6.80. The van der Waals surface area contributed by atoms with Gasteiger partial charge in [-0.05, 0) is 66.3 Å². The number of hydrogen-bond acceptors (Lipinski definition) is 8. The Morgan fingerprint density at radius 1 is 1.00 bits per heavy atom. The van der Waals surface area contributed by atoms with E-state index in [4.69, 9.17) is 14.6 Å². The zero-order valence-electron chi connectivity index (χ0n) is 24.9. The number of rotatable bonds is 12. The fourth-order valence-electron chi connectivity index (χ4n) is 4.65. The fraction of sp³-hybridized carbons (Fsp3) is 0.143. The van der Waals surface area contributed by atoms with Gasteiger partial charge >= 0.3 is 0 Å². The number of nitrogens with zero attached hydrogens (tertiary/aromatic N) is 5. The molecule has 0 saturated carbocycles. The van der Waals surface area contributed by atoms with E-state index in [1.807, 2.05) is 83.3 Å². The van der Waals surface area contributed by atoms with E-state index in [9.17, 15) is 4.79 Å². The summed E-state index contributed by atoms with van der Waals surface area (Å²) in [6.07, 6.45) is 10.3. The number of aromatic nitrogens is 5. The highest BCUT2D eigenvalue weighted by Gasteiger charge is 2.14. The Kier molecular flexibility index (Phi) is 9.23. The van der Waals surface area contributed by atoms with Crippen molar-refractivity contribution in [3.8, 4) is 28.4 Å². The van der Waals surface area contributed by atoms with E-state index in [-0.39, 0.29) is 5.56 Å². The minimum absolute atomic E-state index is 0.225. The molecule has 0 aliphatic carbocycles. The molecule has 0 amide bonds. The summed E-state index contributed by atoms with van der Waals surface area (Å²) in [6.45, 7) is 6.24. The van der Waals surface area contributed by atoms with Gasteiger partial charge in [0.1, 0.15) is 6.61 Å². The Bertz CT molecular complexity index is 2080. The number of benzene rings is 3. The number of hydrogen-bond donors (Lipinski definition) is 0. The summed E-state index contributed by atoms with van der Waals surface area (Å²) in [5.41, 5.74) is 4.21. The SMILES string of the molecule is C=CCOc1ccc(/C=C/c2nc3s/c(=C\c4cn(-c5ccccc5)nc4-c4ccc(SCCC)cc4)c(=O)n3n2)cc1OC. The van der Waals surface area contributed by atoms with Crippen molar-refractivity contribution in [1.29, 1.82) is 0 Å². The summed E-state index contributed by atoms with van der Waals surface area (Å²) in [4.78, 5) is 19.8. The highest BCUT2D eigenvalue weighted by molar-refractivity contribution is 7.99. The maximum atomic E-state index is 13.4. The molecule has 6 rings (SSSR count). The normalized spacial score (nSPS) is 11.9. The van der Waals surface area contributed by atoms with Crippen LogP contribution in [0, 0.1) is 0 Å². The Hall–Kier alpha value is -4.93. The summed E-state index contributed by atoms with van der Waals surface area (Å²) in [6, 6.07) is 24.0. The highest BCUT2D eigenvalue weighted by Crippen LogP contribution is 2.29. The van der Waals surface area contributed by atoms with Crippen LogP contribution in [0.3, 0.4) is 0 Å². The van der Waals surface area contributed by atoms with E-state index < -0.39 is 0 Å². The molecule has 0 aliphatic heterocycles. The zero-order chi connectivity index (χ0) is 31.2. The van der Waals surface area contributed by atoms with Crippen molar-refractivity contribution in [2.24, 2.45) is 0 Å². The lowest BCUT2D eigenvalue weighted by molar-refractivity contribution is 0.326. The Morgan fingerprint density at radius 2 is 1.82 bits per heavy atom. The third-order valence-electron chi connectivity index (χ3n) is 6.82. The van der Waals surface area contributed by atoms with Gasteiger partial charge in [-0.3, -0.25) is 4.79 Å². The second-order valence-corrected chi connectivity index (χ2v) is 12.2. The van der Waals surface area contributed by atoms with E-state index in [0.717, 1.165) is 40.2 Å². The summed E-state index contributed by atoms with van der Waals surface area (Å²) in [5.74, 6) is 2.76. The Labute approximate surface area is 269 Å². The number of thioether (sulfide) groups is 1. The van der Waals surface area contributed by atoms with Crippen LogP contribution in [0.1, 0.15) is 30.3 Å². The lowest BCUT2D eigenvalue weighted by Gasteiger charge is -2.09. The average Bonchev–Trinajstić information content (AvgIpc) is 3.77. The van der Waals surface area contributed by atoms with E-state index in [2.05, 4.69) is 47.9 Å². The van der Waals surface area contributed by atoms with Crippen molar-refractivity contribution in [1.82, 2.24) is 24.4 Å². The van der Waals surface area contributed by atoms with Crippen LogP contribution in [0.15, 0.2) is 101 Å². The highest BCUT2D eigenvalue weighted by atomic mass is 32.2. The van der Waals surface area contributed by atoms with Gasteiger partial charge in [-0.2, -0.15) is 14.6 Å². The van der Waals surface area contributed by atoms with Crippen LogP contribution in [-0.2, 0) is 0 Å². The van der Waals surface area contributed by atoms with Crippen LogP contribution in [0.2, 0.25) is 0 Å². The molecule has 0 N–H and O–H groups in total. The van der Waals surface area contributed by atoms with Crippen molar-refractivity contribution >= 4 is 46.3 Å². The third kappa shape index (κ3) is 6.77. The van der Waals surface area contributed by atoms with Gasteiger partial charge < -0.3 is 9.47 Å². The van der Waals surface area contributed by atoms with Crippen LogP contribution in [-0.4, -0.2) is 43.8 Å². The molecule has 3 aromatic carbocycles. The van der Waals surface area contributed by atoms with E-state index in [1.165, 1.54) is 20.7 Å². The Morgan fingerprint density at radius 3 is 2.56 bits per heavy atom. The van der Waals surface area contributed by atoms with Crippen molar-refractivity contribution in [2.75, 3.05) is 19.5 Å². The zero-order valence-corrected chi connectivity index (χ0v) is 26.6.